The Morgan fingerprint density at radius 3 is 2.56 bits per heavy atom. The molecule has 1 aliphatic rings. The number of aromatic nitrogens is 1. The first-order chi connectivity index (χ1) is 12.9. The number of anilines is 1. The van der Waals surface area contributed by atoms with E-state index in [1.807, 2.05) is 0 Å². The number of benzene rings is 1. The van der Waals surface area contributed by atoms with E-state index in [2.05, 4.69) is 5.32 Å². The number of hydrogen-bond acceptors (Lipinski definition) is 4. The molecule has 0 aliphatic carbocycles. The van der Waals surface area contributed by atoms with Crippen molar-refractivity contribution in [2.75, 3.05) is 31.6 Å². The van der Waals surface area contributed by atoms with Crippen LogP contribution in [0, 0.1) is 0 Å². The van der Waals surface area contributed by atoms with E-state index < -0.39 is 11.5 Å². The van der Waals surface area contributed by atoms with E-state index in [0.717, 1.165) is 0 Å². The lowest BCUT2D eigenvalue weighted by Gasteiger charge is -2.27. The van der Waals surface area contributed by atoms with Crippen LogP contribution < -0.4 is 10.9 Å². The maximum Gasteiger partial charge on any atom is 0.274 e. The van der Waals surface area contributed by atoms with E-state index in [4.69, 9.17) is 27.9 Å². The number of carbonyl (C=O) groups excluding carboxylic acids is 2. The van der Waals surface area contributed by atoms with Crippen LogP contribution in [0.15, 0.2) is 35.3 Å². The van der Waals surface area contributed by atoms with E-state index in [-0.39, 0.29) is 22.2 Å². The minimum absolute atomic E-state index is 0.0161. The third-order valence-electron chi connectivity index (χ3n) is 4.15. The zero-order valence-corrected chi connectivity index (χ0v) is 16.0. The average molecular weight is 410 g/mol. The van der Waals surface area contributed by atoms with Crippen molar-refractivity contribution in [3.63, 3.8) is 0 Å². The lowest BCUT2D eigenvalue weighted by molar-refractivity contribution is 0.0302. The maximum atomic E-state index is 12.7. The molecule has 1 aliphatic heterocycles. The number of rotatable bonds is 3. The van der Waals surface area contributed by atoms with Gasteiger partial charge in [0.1, 0.15) is 5.69 Å². The van der Waals surface area contributed by atoms with Gasteiger partial charge in [0.15, 0.2) is 0 Å². The molecular formula is C18H17Cl2N3O4. The van der Waals surface area contributed by atoms with Crippen molar-refractivity contribution in [3.05, 3.63) is 62.0 Å². The minimum atomic E-state index is -0.587. The first-order valence-electron chi connectivity index (χ1n) is 8.21. The molecule has 0 spiro atoms. The molecule has 0 radical (unpaired) electrons. The van der Waals surface area contributed by atoms with E-state index in [9.17, 15) is 14.4 Å². The van der Waals surface area contributed by atoms with Crippen molar-refractivity contribution >= 4 is 40.7 Å². The normalized spacial score (nSPS) is 14.1. The van der Waals surface area contributed by atoms with E-state index in [1.54, 1.807) is 11.0 Å². The van der Waals surface area contributed by atoms with Crippen LogP contribution in [-0.4, -0.2) is 47.6 Å². The van der Waals surface area contributed by atoms with Gasteiger partial charge in [0.05, 0.1) is 29.4 Å². The van der Waals surface area contributed by atoms with E-state index >= 15 is 0 Å². The number of aryl methyl sites for hydroxylation is 1. The van der Waals surface area contributed by atoms with Crippen LogP contribution in [0.4, 0.5) is 5.69 Å². The number of pyridine rings is 1. The lowest BCUT2D eigenvalue weighted by Crippen LogP contribution is -2.41. The fourth-order valence-electron chi connectivity index (χ4n) is 2.73. The molecule has 1 fully saturated rings. The molecule has 3 rings (SSSR count). The molecule has 1 aromatic carbocycles. The number of halogens is 2. The van der Waals surface area contributed by atoms with Crippen molar-refractivity contribution in [3.8, 4) is 0 Å². The van der Waals surface area contributed by atoms with Gasteiger partial charge in [0.25, 0.3) is 17.4 Å². The third-order valence-corrected chi connectivity index (χ3v) is 4.71. The smallest absolute Gasteiger partial charge is 0.274 e. The van der Waals surface area contributed by atoms with Crippen molar-refractivity contribution in [2.24, 2.45) is 7.05 Å². The van der Waals surface area contributed by atoms with Gasteiger partial charge in [-0.3, -0.25) is 14.4 Å². The SMILES string of the molecule is Cn1cc(C(=O)N2CCOCC2)cc(NC(=O)c2cc(Cl)ccc2Cl)c1=O. The Morgan fingerprint density at radius 1 is 1.15 bits per heavy atom. The largest absolute Gasteiger partial charge is 0.378 e. The summed E-state index contributed by atoms with van der Waals surface area (Å²) in [5.74, 6) is -0.819. The number of ether oxygens (including phenoxy) is 1. The van der Waals surface area contributed by atoms with Gasteiger partial charge in [0.2, 0.25) is 0 Å². The third kappa shape index (κ3) is 4.32. The number of carbonyl (C=O) groups is 2. The molecule has 1 aromatic heterocycles. The maximum absolute atomic E-state index is 12.7. The molecule has 1 saturated heterocycles. The molecule has 27 heavy (non-hydrogen) atoms. The van der Waals surface area contributed by atoms with E-state index in [1.165, 1.54) is 36.0 Å². The summed E-state index contributed by atoms with van der Waals surface area (Å²) < 4.78 is 6.50. The Labute approximate surface area is 165 Å². The second kappa shape index (κ2) is 8.12. The molecule has 1 N–H and O–H groups in total. The van der Waals surface area contributed by atoms with Crippen LogP contribution in [0.5, 0.6) is 0 Å². The molecule has 7 nitrogen and oxygen atoms in total. The monoisotopic (exact) mass is 409 g/mol. The highest BCUT2D eigenvalue weighted by Gasteiger charge is 2.21. The Hall–Kier alpha value is -2.35. The summed E-state index contributed by atoms with van der Waals surface area (Å²) in [5, 5.41) is 3.07. The number of amides is 2. The van der Waals surface area contributed by atoms with Crippen LogP contribution in [0.3, 0.4) is 0 Å². The number of nitrogens with zero attached hydrogens (tertiary/aromatic N) is 2. The Bertz CT molecular complexity index is 952. The van der Waals surface area contributed by atoms with Gasteiger partial charge in [-0.05, 0) is 24.3 Å². The topological polar surface area (TPSA) is 80.6 Å². The highest BCUT2D eigenvalue weighted by molar-refractivity contribution is 6.36. The van der Waals surface area contributed by atoms with Crippen molar-refractivity contribution in [2.45, 2.75) is 0 Å². The summed E-state index contributed by atoms with van der Waals surface area (Å²) >= 11 is 11.9. The molecule has 0 bridgehead atoms. The first kappa shape index (κ1) is 19.4. The van der Waals surface area contributed by atoms with Crippen LogP contribution in [0.1, 0.15) is 20.7 Å². The van der Waals surface area contributed by atoms with Crippen molar-refractivity contribution < 1.29 is 14.3 Å². The predicted octanol–water partition coefficient (Wildman–Crippen LogP) is 2.42. The van der Waals surface area contributed by atoms with Crippen molar-refractivity contribution in [1.82, 2.24) is 9.47 Å². The Balaban J connectivity index is 1.90. The van der Waals surface area contributed by atoms with Crippen LogP contribution in [0.25, 0.3) is 0 Å². The van der Waals surface area contributed by atoms with Gasteiger partial charge < -0.3 is 19.5 Å². The molecule has 0 unspecified atom stereocenters. The van der Waals surface area contributed by atoms with Gasteiger partial charge in [0, 0.05) is 31.4 Å². The standard InChI is InChI=1S/C18H17Cl2N3O4/c1-22-10-11(17(25)23-4-6-27-7-5-23)8-15(18(22)26)21-16(24)13-9-12(19)2-3-14(13)20/h2-3,8-10H,4-7H2,1H3,(H,21,24). The summed E-state index contributed by atoms with van der Waals surface area (Å²) in [6.45, 7) is 1.88. The van der Waals surface area contributed by atoms with Crippen LogP contribution >= 0.6 is 23.2 Å². The summed E-state index contributed by atoms with van der Waals surface area (Å²) in [6.07, 6.45) is 1.45. The molecule has 0 atom stereocenters. The van der Waals surface area contributed by atoms with Gasteiger partial charge in [-0.2, -0.15) is 0 Å². The first-order valence-corrected chi connectivity index (χ1v) is 8.96. The van der Waals surface area contributed by atoms with Gasteiger partial charge in [-0.25, -0.2) is 0 Å². The zero-order chi connectivity index (χ0) is 19.6. The highest BCUT2D eigenvalue weighted by Crippen LogP contribution is 2.21. The lowest BCUT2D eigenvalue weighted by atomic mass is 10.2. The molecule has 2 aromatic rings. The van der Waals surface area contributed by atoms with Crippen LogP contribution in [0.2, 0.25) is 10.0 Å². The number of morpholine rings is 1. The quantitative estimate of drug-likeness (QED) is 0.843. The molecule has 142 valence electrons. The molecule has 9 heteroatoms. The predicted molar refractivity (Wildman–Crippen MR) is 103 cm³/mol. The number of nitrogens with one attached hydrogen (secondary N) is 1. The summed E-state index contributed by atoms with van der Waals surface area (Å²) in [7, 11) is 1.51. The van der Waals surface area contributed by atoms with Crippen LogP contribution in [-0.2, 0) is 11.8 Å². The highest BCUT2D eigenvalue weighted by atomic mass is 35.5. The Morgan fingerprint density at radius 2 is 1.85 bits per heavy atom. The summed E-state index contributed by atoms with van der Waals surface area (Å²) in [6, 6.07) is 5.83. The average Bonchev–Trinajstić information content (AvgIpc) is 2.67. The summed E-state index contributed by atoms with van der Waals surface area (Å²) in [5.41, 5.74) is -0.0275. The molecular weight excluding hydrogens is 393 g/mol. The van der Waals surface area contributed by atoms with Crippen molar-refractivity contribution in [1.29, 1.82) is 0 Å². The fourth-order valence-corrected chi connectivity index (χ4v) is 3.10. The minimum Gasteiger partial charge on any atom is -0.378 e. The molecule has 2 amide bonds. The molecule has 2 heterocycles. The van der Waals surface area contributed by atoms with Gasteiger partial charge in [-0.15, -0.1) is 0 Å². The fraction of sp³-hybridized carbons (Fsp3) is 0.278. The molecule has 0 saturated carbocycles. The second-order valence-corrected chi connectivity index (χ2v) is 6.89. The van der Waals surface area contributed by atoms with Gasteiger partial charge in [-0.1, -0.05) is 23.2 Å². The zero-order valence-electron chi connectivity index (χ0n) is 14.5. The van der Waals surface area contributed by atoms with Gasteiger partial charge >= 0.3 is 0 Å². The number of hydrogen-bond donors (Lipinski definition) is 1. The second-order valence-electron chi connectivity index (χ2n) is 6.04. The summed E-state index contributed by atoms with van der Waals surface area (Å²) in [4.78, 5) is 39.2. The Kier molecular flexibility index (Phi) is 5.84. The van der Waals surface area contributed by atoms with E-state index in [0.29, 0.717) is 36.9 Å².